The number of aryl methyl sites for hydroxylation is 1. The summed E-state index contributed by atoms with van der Waals surface area (Å²) in [4.78, 5) is 21.5. The van der Waals surface area contributed by atoms with Crippen molar-refractivity contribution in [2.75, 3.05) is 19.0 Å². The molecule has 0 unspecified atom stereocenters. The van der Waals surface area contributed by atoms with E-state index < -0.39 is 0 Å². The number of methoxy groups -OCH3 is 1. The van der Waals surface area contributed by atoms with Gasteiger partial charge in [-0.05, 0) is 62.5 Å². The minimum atomic E-state index is -0.373. The largest absolute Gasteiger partial charge is 0.494 e. The Labute approximate surface area is 205 Å². The number of hydrogen-bond acceptors (Lipinski definition) is 9. The van der Waals surface area contributed by atoms with Crippen LogP contribution in [0.15, 0.2) is 24.5 Å². The molecule has 5 rings (SSSR count). The number of carbonyl (C=O) groups is 1. The zero-order valence-corrected chi connectivity index (χ0v) is 20.4. The minimum Gasteiger partial charge on any atom is -0.494 e. The summed E-state index contributed by atoms with van der Waals surface area (Å²) in [5.74, 6) is 0.124. The van der Waals surface area contributed by atoms with Gasteiger partial charge >= 0.3 is 0 Å². The second kappa shape index (κ2) is 9.44. The van der Waals surface area contributed by atoms with Crippen molar-refractivity contribution < 1.29 is 19.0 Å². The summed E-state index contributed by atoms with van der Waals surface area (Å²) in [6.45, 7) is 2.71. The second-order valence-corrected chi connectivity index (χ2v) is 9.83. The predicted octanol–water partition coefficient (Wildman–Crippen LogP) is 4.70. The molecule has 0 radical (unpaired) electrons. The fourth-order valence-corrected chi connectivity index (χ4v) is 5.20. The average Bonchev–Trinajstić information content (AvgIpc) is 3.25. The molecule has 0 atom stereocenters. The van der Waals surface area contributed by atoms with E-state index in [1.807, 2.05) is 6.92 Å². The molecule has 3 aromatic rings. The summed E-state index contributed by atoms with van der Waals surface area (Å²) < 4.78 is 17.2. The molecule has 1 aliphatic heterocycles. The van der Waals surface area contributed by atoms with Gasteiger partial charge in [0.25, 0.3) is 11.1 Å². The molecule has 4 heterocycles. The van der Waals surface area contributed by atoms with Crippen LogP contribution in [0.5, 0.6) is 10.9 Å². The minimum absolute atomic E-state index is 0.0849. The van der Waals surface area contributed by atoms with Crippen LogP contribution in [0.1, 0.15) is 48.2 Å². The van der Waals surface area contributed by atoms with E-state index >= 15 is 0 Å². The van der Waals surface area contributed by atoms with Crippen molar-refractivity contribution in [3.05, 3.63) is 40.9 Å². The highest BCUT2D eigenvalue weighted by Crippen LogP contribution is 2.41. The van der Waals surface area contributed by atoms with E-state index in [4.69, 9.17) is 25.8 Å². The molecule has 9 nitrogen and oxygen atoms in total. The van der Waals surface area contributed by atoms with Crippen LogP contribution < -0.4 is 14.8 Å². The summed E-state index contributed by atoms with van der Waals surface area (Å²) in [5, 5.41) is 12.1. The number of halogens is 1. The molecule has 2 aliphatic rings. The van der Waals surface area contributed by atoms with E-state index in [-0.39, 0.29) is 17.6 Å². The summed E-state index contributed by atoms with van der Waals surface area (Å²) >= 11 is 7.31. The number of nitrogens with one attached hydrogen (secondary N) is 1. The second-order valence-electron chi connectivity index (χ2n) is 8.50. The van der Waals surface area contributed by atoms with Crippen molar-refractivity contribution in [1.29, 1.82) is 0 Å². The van der Waals surface area contributed by atoms with Crippen LogP contribution in [0.2, 0.25) is 5.15 Å². The summed E-state index contributed by atoms with van der Waals surface area (Å²) in [6, 6.07) is 3.46. The fourth-order valence-electron chi connectivity index (χ4n) is 4.39. The van der Waals surface area contributed by atoms with Gasteiger partial charge in [0.1, 0.15) is 17.0 Å². The number of carbonyl (C=O) groups excluding carboxylic acids is 1. The Bertz CT molecular complexity index is 1210. The topological polar surface area (TPSA) is 108 Å². The van der Waals surface area contributed by atoms with Gasteiger partial charge in [-0.3, -0.25) is 15.1 Å². The third kappa shape index (κ3) is 4.70. The number of amides is 1. The lowest BCUT2D eigenvalue weighted by molar-refractivity contribution is -0.173. The van der Waals surface area contributed by atoms with Crippen LogP contribution >= 0.6 is 22.9 Å². The van der Waals surface area contributed by atoms with Gasteiger partial charge in [0, 0.05) is 23.0 Å². The zero-order valence-electron chi connectivity index (χ0n) is 18.8. The Kier molecular flexibility index (Phi) is 6.37. The molecular weight excluding hydrogens is 478 g/mol. The van der Waals surface area contributed by atoms with Gasteiger partial charge in [-0.15, -0.1) is 5.10 Å². The molecule has 3 aromatic heterocycles. The van der Waals surface area contributed by atoms with Crippen LogP contribution in [0, 0.1) is 6.92 Å². The lowest BCUT2D eigenvalue weighted by Crippen LogP contribution is -2.47. The van der Waals surface area contributed by atoms with Crippen LogP contribution in [-0.4, -0.2) is 51.5 Å². The van der Waals surface area contributed by atoms with E-state index in [0.717, 1.165) is 44.4 Å². The van der Waals surface area contributed by atoms with Gasteiger partial charge in [0.2, 0.25) is 5.13 Å². The SMILES string of the molecule is COc1cnc(Cl)cc1-c1cc(C)ncc1C(=O)Nc1nnc(O[C@H]2CC[C@@]3(CCO3)CC2)s1. The van der Waals surface area contributed by atoms with Crippen molar-refractivity contribution >= 4 is 34.0 Å². The number of rotatable bonds is 6. The molecule has 178 valence electrons. The van der Waals surface area contributed by atoms with Crippen molar-refractivity contribution in [2.45, 2.75) is 50.7 Å². The standard InChI is InChI=1S/C23H24ClN5O4S/c1-13-9-15(16-10-19(24)26-12-18(16)31-2)17(11-25-13)20(30)27-21-28-29-22(34-21)33-14-3-5-23(6-4-14)7-8-32-23/h9-12,14H,3-8H2,1-2H3,(H,27,28,30)/t14-,23-. The third-order valence-corrected chi connectivity index (χ3v) is 7.27. The Balaban J connectivity index is 1.30. The highest BCUT2D eigenvalue weighted by atomic mass is 35.5. The monoisotopic (exact) mass is 501 g/mol. The average molecular weight is 502 g/mol. The molecule has 1 saturated carbocycles. The van der Waals surface area contributed by atoms with E-state index in [0.29, 0.717) is 37.9 Å². The van der Waals surface area contributed by atoms with Crippen molar-refractivity contribution in [3.63, 3.8) is 0 Å². The molecule has 1 spiro atoms. The maximum absolute atomic E-state index is 13.2. The Morgan fingerprint density at radius 3 is 2.68 bits per heavy atom. The van der Waals surface area contributed by atoms with Crippen LogP contribution in [0.3, 0.4) is 0 Å². The van der Waals surface area contributed by atoms with Gasteiger partial charge in [-0.2, -0.15) is 0 Å². The summed E-state index contributed by atoms with van der Waals surface area (Å²) in [7, 11) is 1.54. The maximum Gasteiger partial charge on any atom is 0.296 e. The van der Waals surface area contributed by atoms with Crippen molar-refractivity contribution in [3.8, 4) is 22.1 Å². The number of anilines is 1. The molecule has 11 heteroatoms. The molecule has 1 amide bonds. The first kappa shape index (κ1) is 22.9. The highest BCUT2D eigenvalue weighted by Gasteiger charge is 2.42. The normalized spacial score (nSPS) is 21.7. The Morgan fingerprint density at radius 2 is 1.97 bits per heavy atom. The van der Waals surface area contributed by atoms with E-state index in [1.165, 1.54) is 30.8 Å². The number of pyridine rings is 2. The Morgan fingerprint density at radius 1 is 1.18 bits per heavy atom. The number of ether oxygens (including phenoxy) is 3. The molecule has 1 saturated heterocycles. The van der Waals surface area contributed by atoms with Crippen molar-refractivity contribution in [2.24, 2.45) is 0 Å². The first-order valence-electron chi connectivity index (χ1n) is 11.1. The lowest BCUT2D eigenvalue weighted by atomic mass is 9.78. The summed E-state index contributed by atoms with van der Waals surface area (Å²) in [5.41, 5.74) is 2.45. The number of hydrogen-bond donors (Lipinski definition) is 1. The first-order valence-corrected chi connectivity index (χ1v) is 12.3. The smallest absolute Gasteiger partial charge is 0.296 e. The first-order chi connectivity index (χ1) is 16.4. The zero-order chi connectivity index (χ0) is 23.7. The lowest BCUT2D eigenvalue weighted by Gasteiger charge is -2.46. The number of aromatic nitrogens is 4. The van der Waals surface area contributed by atoms with Gasteiger partial charge < -0.3 is 14.2 Å². The molecule has 2 fully saturated rings. The van der Waals surface area contributed by atoms with Crippen LogP contribution in [-0.2, 0) is 4.74 Å². The van der Waals surface area contributed by atoms with Gasteiger partial charge in [0.05, 0.1) is 31.1 Å². The Hall–Kier alpha value is -2.82. The third-order valence-electron chi connectivity index (χ3n) is 6.33. The van der Waals surface area contributed by atoms with E-state index in [2.05, 4.69) is 25.5 Å². The molecule has 0 bridgehead atoms. The maximum atomic E-state index is 13.2. The highest BCUT2D eigenvalue weighted by molar-refractivity contribution is 7.17. The fraction of sp³-hybridized carbons (Fsp3) is 0.435. The predicted molar refractivity (Wildman–Crippen MR) is 128 cm³/mol. The van der Waals surface area contributed by atoms with Crippen molar-refractivity contribution in [1.82, 2.24) is 20.2 Å². The molecule has 1 aliphatic carbocycles. The van der Waals surface area contributed by atoms with Crippen LogP contribution in [0.4, 0.5) is 5.13 Å². The van der Waals surface area contributed by atoms with Gasteiger partial charge in [0.15, 0.2) is 0 Å². The molecule has 34 heavy (non-hydrogen) atoms. The number of nitrogens with zero attached hydrogens (tertiary/aromatic N) is 4. The molecular formula is C23H24ClN5O4S. The molecule has 1 N–H and O–H groups in total. The van der Waals surface area contributed by atoms with Gasteiger partial charge in [-0.1, -0.05) is 16.7 Å². The summed E-state index contributed by atoms with van der Waals surface area (Å²) in [6.07, 6.45) is 8.13. The van der Waals surface area contributed by atoms with Gasteiger partial charge in [-0.25, -0.2) is 4.98 Å². The van der Waals surface area contributed by atoms with E-state index in [9.17, 15) is 4.79 Å². The molecule has 0 aromatic carbocycles. The van der Waals surface area contributed by atoms with Crippen LogP contribution in [0.25, 0.3) is 11.1 Å². The van der Waals surface area contributed by atoms with E-state index in [1.54, 1.807) is 12.1 Å². The quantitative estimate of drug-likeness (QED) is 0.484.